The molecule has 6 heteroatoms. The number of nitrogens with zero attached hydrogens (tertiary/aromatic N) is 3. The van der Waals surface area contributed by atoms with Crippen molar-refractivity contribution < 1.29 is 9.53 Å². The Labute approximate surface area is 176 Å². The van der Waals surface area contributed by atoms with E-state index in [1.807, 2.05) is 41.3 Å². The van der Waals surface area contributed by atoms with Crippen LogP contribution in [0.2, 0.25) is 0 Å². The van der Waals surface area contributed by atoms with Crippen LogP contribution in [0.5, 0.6) is 5.75 Å². The van der Waals surface area contributed by atoms with Gasteiger partial charge in [0, 0.05) is 29.5 Å². The van der Waals surface area contributed by atoms with Gasteiger partial charge in [-0.05, 0) is 30.0 Å². The lowest BCUT2D eigenvalue weighted by Gasteiger charge is -2.43. The number of carbonyl (C=O) groups excluding carboxylic acids is 1. The molecule has 1 aromatic carbocycles. The number of allylic oxidation sites excluding steroid dienone is 3. The molecule has 2 aromatic rings. The molecule has 6 nitrogen and oxygen atoms in total. The minimum Gasteiger partial charge on any atom is -0.496 e. The summed E-state index contributed by atoms with van der Waals surface area (Å²) in [5, 5.41) is 10.1. The van der Waals surface area contributed by atoms with E-state index in [9.17, 15) is 10.1 Å². The van der Waals surface area contributed by atoms with Crippen LogP contribution in [0.1, 0.15) is 38.2 Å². The number of pyridine rings is 1. The molecule has 0 saturated heterocycles. The number of nitrogens with two attached hydrogens (primary N) is 1. The fraction of sp³-hybridized carbons (Fsp3) is 0.292. The van der Waals surface area contributed by atoms with E-state index in [4.69, 9.17) is 10.5 Å². The molecular formula is C24H24N4O2. The van der Waals surface area contributed by atoms with Crippen molar-refractivity contribution in [3.63, 3.8) is 0 Å². The van der Waals surface area contributed by atoms with Crippen molar-refractivity contribution in [2.24, 2.45) is 11.1 Å². The summed E-state index contributed by atoms with van der Waals surface area (Å²) in [4.78, 5) is 19.5. The number of benzene rings is 1. The van der Waals surface area contributed by atoms with Crippen molar-refractivity contribution in [3.05, 3.63) is 77.0 Å². The fourth-order valence-corrected chi connectivity index (χ4v) is 4.51. The molecule has 0 saturated carbocycles. The molecular weight excluding hydrogens is 376 g/mol. The molecule has 0 fully saturated rings. The number of para-hydroxylation sites is 1. The molecule has 1 aliphatic carbocycles. The number of hydrogen-bond acceptors (Lipinski definition) is 6. The van der Waals surface area contributed by atoms with Gasteiger partial charge in [-0.15, -0.1) is 0 Å². The average Bonchev–Trinajstić information content (AvgIpc) is 2.72. The van der Waals surface area contributed by atoms with Gasteiger partial charge in [0.15, 0.2) is 5.78 Å². The number of carbonyl (C=O) groups is 1. The molecule has 2 aliphatic rings. The van der Waals surface area contributed by atoms with Crippen molar-refractivity contribution in [1.82, 2.24) is 4.98 Å². The van der Waals surface area contributed by atoms with Crippen LogP contribution in [0.25, 0.3) is 0 Å². The highest BCUT2D eigenvalue weighted by molar-refractivity contribution is 6.01. The third-order valence-corrected chi connectivity index (χ3v) is 5.74. The van der Waals surface area contributed by atoms with Crippen molar-refractivity contribution in [1.29, 1.82) is 5.26 Å². The van der Waals surface area contributed by atoms with Crippen molar-refractivity contribution in [2.75, 3.05) is 12.0 Å². The van der Waals surface area contributed by atoms with Gasteiger partial charge in [0.1, 0.15) is 11.6 Å². The summed E-state index contributed by atoms with van der Waals surface area (Å²) >= 11 is 0. The summed E-state index contributed by atoms with van der Waals surface area (Å²) in [7, 11) is 1.59. The van der Waals surface area contributed by atoms with E-state index in [2.05, 4.69) is 24.9 Å². The Balaban J connectivity index is 2.03. The highest BCUT2D eigenvalue weighted by Crippen LogP contribution is 2.51. The monoisotopic (exact) mass is 400 g/mol. The highest BCUT2D eigenvalue weighted by Gasteiger charge is 2.45. The molecule has 2 heterocycles. The van der Waals surface area contributed by atoms with Crippen LogP contribution in [0, 0.1) is 16.7 Å². The van der Waals surface area contributed by atoms with Crippen LogP contribution in [0.4, 0.5) is 5.69 Å². The first-order valence-electron chi connectivity index (χ1n) is 9.87. The number of hydrogen-bond donors (Lipinski definition) is 1. The molecule has 0 spiro atoms. The first-order chi connectivity index (χ1) is 14.4. The van der Waals surface area contributed by atoms with E-state index in [-0.39, 0.29) is 11.2 Å². The number of methoxy groups -OCH3 is 1. The molecule has 1 aromatic heterocycles. The van der Waals surface area contributed by atoms with Crippen LogP contribution >= 0.6 is 0 Å². The average molecular weight is 400 g/mol. The molecule has 0 bridgehead atoms. The van der Waals surface area contributed by atoms with Gasteiger partial charge in [0.2, 0.25) is 0 Å². The van der Waals surface area contributed by atoms with Gasteiger partial charge in [0.05, 0.1) is 36.6 Å². The summed E-state index contributed by atoms with van der Waals surface area (Å²) in [6, 6.07) is 13.5. The Morgan fingerprint density at radius 2 is 2.00 bits per heavy atom. The fourth-order valence-electron chi connectivity index (χ4n) is 4.51. The molecule has 2 N–H and O–H groups in total. The van der Waals surface area contributed by atoms with Gasteiger partial charge in [-0.25, -0.2) is 0 Å². The molecule has 0 amide bonds. The number of anilines is 1. The SMILES string of the molecule is COc1ccccc1[C@H]1C(C#N)=C(N)N(c2cccnc2)C2=C1C(=O)CC(C)(C)C2. The minimum absolute atomic E-state index is 0.0336. The smallest absolute Gasteiger partial charge is 0.162 e. The molecule has 152 valence electrons. The number of rotatable bonds is 3. The van der Waals surface area contributed by atoms with Crippen LogP contribution in [0.15, 0.2) is 71.5 Å². The summed E-state index contributed by atoms with van der Waals surface area (Å²) in [5.41, 5.74) is 9.68. The van der Waals surface area contributed by atoms with Gasteiger partial charge < -0.3 is 10.5 Å². The van der Waals surface area contributed by atoms with E-state index in [0.29, 0.717) is 35.6 Å². The van der Waals surface area contributed by atoms with Gasteiger partial charge in [-0.1, -0.05) is 32.0 Å². The molecule has 1 atom stereocenters. The Kier molecular flexibility index (Phi) is 4.83. The molecule has 4 rings (SSSR count). The van der Waals surface area contributed by atoms with E-state index in [1.54, 1.807) is 19.5 Å². The maximum atomic E-state index is 13.5. The third kappa shape index (κ3) is 3.13. The van der Waals surface area contributed by atoms with Crippen molar-refractivity contribution >= 4 is 11.5 Å². The first-order valence-corrected chi connectivity index (χ1v) is 9.87. The van der Waals surface area contributed by atoms with E-state index >= 15 is 0 Å². The topological polar surface area (TPSA) is 92.2 Å². The number of Topliss-reactive ketones (excluding diaryl/α,β-unsaturated/α-hetero) is 1. The second-order valence-corrected chi connectivity index (χ2v) is 8.43. The Bertz CT molecular complexity index is 1110. The second kappa shape index (κ2) is 7.34. The second-order valence-electron chi connectivity index (χ2n) is 8.43. The lowest BCUT2D eigenvalue weighted by molar-refractivity contribution is -0.118. The van der Waals surface area contributed by atoms with Gasteiger partial charge in [-0.2, -0.15) is 5.26 Å². The maximum absolute atomic E-state index is 13.5. The number of aromatic nitrogens is 1. The van der Waals surface area contributed by atoms with Crippen LogP contribution in [0.3, 0.4) is 0 Å². The molecule has 1 aliphatic heterocycles. The largest absolute Gasteiger partial charge is 0.496 e. The number of ketones is 1. The highest BCUT2D eigenvalue weighted by atomic mass is 16.5. The van der Waals surface area contributed by atoms with Crippen LogP contribution < -0.4 is 15.4 Å². The molecule has 0 unspecified atom stereocenters. The molecule has 30 heavy (non-hydrogen) atoms. The van der Waals surface area contributed by atoms with Crippen LogP contribution in [-0.2, 0) is 4.79 Å². The van der Waals surface area contributed by atoms with Gasteiger partial charge in [-0.3, -0.25) is 14.7 Å². The summed E-state index contributed by atoms with van der Waals surface area (Å²) < 4.78 is 5.56. The quantitative estimate of drug-likeness (QED) is 0.836. The lowest BCUT2D eigenvalue weighted by Crippen LogP contribution is -2.42. The van der Waals surface area contributed by atoms with Crippen molar-refractivity contribution in [3.8, 4) is 11.8 Å². The summed E-state index contributed by atoms with van der Waals surface area (Å²) in [6.45, 7) is 4.15. The zero-order valence-electron chi connectivity index (χ0n) is 17.3. The lowest BCUT2D eigenvalue weighted by atomic mass is 9.68. The van der Waals surface area contributed by atoms with E-state index in [0.717, 1.165) is 16.9 Å². The van der Waals surface area contributed by atoms with Gasteiger partial charge in [0.25, 0.3) is 0 Å². The maximum Gasteiger partial charge on any atom is 0.162 e. The van der Waals surface area contributed by atoms with Crippen LogP contribution in [-0.4, -0.2) is 17.9 Å². The predicted octanol–water partition coefficient (Wildman–Crippen LogP) is 4.03. The van der Waals surface area contributed by atoms with E-state index < -0.39 is 5.92 Å². The first kappa shape index (κ1) is 19.7. The predicted molar refractivity (Wildman–Crippen MR) is 114 cm³/mol. The normalized spacial score (nSPS) is 20.7. The Hall–Kier alpha value is -3.59. The summed E-state index contributed by atoms with van der Waals surface area (Å²) in [6.07, 6.45) is 4.45. The minimum atomic E-state index is -0.558. The Morgan fingerprint density at radius 3 is 2.67 bits per heavy atom. The zero-order valence-corrected chi connectivity index (χ0v) is 17.3. The molecule has 0 radical (unpaired) electrons. The van der Waals surface area contributed by atoms with Gasteiger partial charge >= 0.3 is 0 Å². The van der Waals surface area contributed by atoms with Crippen molar-refractivity contribution in [2.45, 2.75) is 32.6 Å². The Morgan fingerprint density at radius 1 is 1.23 bits per heavy atom. The zero-order chi connectivity index (χ0) is 21.5. The number of ether oxygens (including phenoxy) is 1. The number of nitriles is 1. The van der Waals surface area contributed by atoms with E-state index in [1.165, 1.54) is 0 Å². The standard InChI is InChI=1S/C24H24N4O2/c1-24(2)11-18-22(19(29)12-24)21(16-8-4-5-9-20(16)30-3)17(13-25)23(26)28(18)15-7-6-10-27-14-15/h4-10,14,21H,11-12,26H2,1-3H3/t21-/m0/s1. The summed E-state index contributed by atoms with van der Waals surface area (Å²) in [5.74, 6) is 0.428. The third-order valence-electron chi connectivity index (χ3n) is 5.74.